The van der Waals surface area contributed by atoms with Crippen LogP contribution in [0.15, 0.2) is 18.5 Å². The first-order chi connectivity index (χ1) is 12.0. The molecule has 1 aromatic carbocycles. The molecule has 0 unspecified atom stereocenters. The Bertz CT molecular complexity index is 963. The second kappa shape index (κ2) is 6.61. The van der Waals surface area contributed by atoms with Crippen molar-refractivity contribution in [2.24, 2.45) is 0 Å². The number of fused-ring (bicyclic) bond motifs is 1. The van der Waals surface area contributed by atoms with Crippen LogP contribution in [-0.4, -0.2) is 28.3 Å². The number of hydrogen-bond donors (Lipinski definition) is 3. The van der Waals surface area contributed by atoms with E-state index in [2.05, 4.69) is 32.4 Å². The zero-order chi connectivity index (χ0) is 18.0. The minimum atomic E-state index is -0.530. The SMILES string of the molecule is CC(=O)NCC#Cc1c(F)ccc2c1/C(=C/c1[nH]cnc1C)C(=O)N2. The number of aromatic amines is 1. The van der Waals surface area contributed by atoms with Crippen LogP contribution in [0.1, 0.15) is 29.4 Å². The summed E-state index contributed by atoms with van der Waals surface area (Å²) in [6, 6.07) is 2.76. The third-order valence-electron chi connectivity index (χ3n) is 3.71. The Morgan fingerprint density at radius 1 is 1.44 bits per heavy atom. The Kier molecular flexibility index (Phi) is 4.35. The minimum Gasteiger partial charge on any atom is -0.345 e. The van der Waals surface area contributed by atoms with Crippen LogP contribution in [0.4, 0.5) is 10.1 Å². The third-order valence-corrected chi connectivity index (χ3v) is 3.71. The third kappa shape index (κ3) is 3.28. The van der Waals surface area contributed by atoms with Crippen molar-refractivity contribution in [3.8, 4) is 11.8 Å². The van der Waals surface area contributed by atoms with Gasteiger partial charge in [-0.1, -0.05) is 11.8 Å². The summed E-state index contributed by atoms with van der Waals surface area (Å²) >= 11 is 0. The van der Waals surface area contributed by atoms with Gasteiger partial charge in [0.25, 0.3) is 5.91 Å². The molecule has 1 aromatic heterocycles. The molecular formula is C18H15FN4O2. The average molecular weight is 338 g/mol. The summed E-state index contributed by atoms with van der Waals surface area (Å²) in [7, 11) is 0. The molecule has 2 heterocycles. The molecule has 0 aliphatic carbocycles. The van der Waals surface area contributed by atoms with Gasteiger partial charge in [0, 0.05) is 12.5 Å². The molecule has 2 amide bonds. The summed E-state index contributed by atoms with van der Waals surface area (Å²) in [4.78, 5) is 30.2. The summed E-state index contributed by atoms with van der Waals surface area (Å²) in [5.41, 5.74) is 2.73. The van der Waals surface area contributed by atoms with Crippen LogP contribution in [0.3, 0.4) is 0 Å². The number of anilines is 1. The molecule has 126 valence electrons. The van der Waals surface area contributed by atoms with Crippen molar-refractivity contribution in [2.45, 2.75) is 13.8 Å². The summed E-state index contributed by atoms with van der Waals surface area (Å²) in [6.07, 6.45) is 3.15. The Morgan fingerprint density at radius 2 is 2.24 bits per heavy atom. The second-order valence-corrected chi connectivity index (χ2v) is 5.47. The summed E-state index contributed by atoms with van der Waals surface area (Å²) in [5, 5.41) is 5.23. The van der Waals surface area contributed by atoms with E-state index in [1.807, 2.05) is 0 Å². The van der Waals surface area contributed by atoms with Gasteiger partial charge >= 0.3 is 0 Å². The quantitative estimate of drug-likeness (QED) is 0.577. The number of imidazole rings is 1. The predicted molar refractivity (Wildman–Crippen MR) is 91.8 cm³/mol. The molecule has 3 rings (SSSR count). The molecule has 25 heavy (non-hydrogen) atoms. The molecule has 1 aliphatic heterocycles. The molecule has 0 bridgehead atoms. The van der Waals surface area contributed by atoms with E-state index in [4.69, 9.17) is 0 Å². The summed E-state index contributed by atoms with van der Waals surface area (Å²) in [6.45, 7) is 3.27. The molecule has 3 N–H and O–H groups in total. The summed E-state index contributed by atoms with van der Waals surface area (Å²) in [5.74, 6) is 4.33. The standard InChI is InChI=1S/C18H15FN4O2/c1-10-16(22-9-21-10)8-13-17-12(4-3-7-20-11(2)24)14(19)5-6-15(17)23-18(13)25/h5-6,8-9H,7H2,1-2H3,(H,20,24)(H,21,22)(H,23,25)/b13-8-. The number of nitrogens with zero attached hydrogens (tertiary/aromatic N) is 1. The minimum absolute atomic E-state index is 0.0958. The van der Waals surface area contributed by atoms with E-state index in [1.165, 1.54) is 25.4 Å². The molecule has 0 radical (unpaired) electrons. The highest BCUT2D eigenvalue weighted by Gasteiger charge is 2.28. The second-order valence-electron chi connectivity index (χ2n) is 5.47. The van der Waals surface area contributed by atoms with Crippen LogP contribution in [0, 0.1) is 24.6 Å². The number of aromatic nitrogens is 2. The van der Waals surface area contributed by atoms with E-state index in [0.29, 0.717) is 22.5 Å². The van der Waals surface area contributed by atoms with Gasteiger partial charge in [-0.3, -0.25) is 9.59 Å². The van der Waals surface area contributed by atoms with Crippen LogP contribution >= 0.6 is 0 Å². The number of carbonyl (C=O) groups is 2. The molecule has 0 saturated heterocycles. The smallest absolute Gasteiger partial charge is 0.256 e. The summed E-state index contributed by atoms with van der Waals surface area (Å²) < 4.78 is 14.3. The lowest BCUT2D eigenvalue weighted by Crippen LogP contribution is -2.19. The van der Waals surface area contributed by atoms with Crippen molar-refractivity contribution in [2.75, 3.05) is 11.9 Å². The lowest BCUT2D eigenvalue weighted by Gasteiger charge is -2.04. The van der Waals surface area contributed by atoms with Gasteiger partial charge in [0.15, 0.2) is 0 Å². The van der Waals surface area contributed by atoms with Gasteiger partial charge in [0.2, 0.25) is 5.91 Å². The van der Waals surface area contributed by atoms with Gasteiger partial charge in [-0.25, -0.2) is 9.37 Å². The highest BCUT2D eigenvalue weighted by molar-refractivity contribution is 6.35. The van der Waals surface area contributed by atoms with Gasteiger partial charge < -0.3 is 15.6 Å². The van der Waals surface area contributed by atoms with Crippen molar-refractivity contribution < 1.29 is 14.0 Å². The number of aryl methyl sites for hydroxylation is 1. The fourth-order valence-electron chi connectivity index (χ4n) is 2.49. The highest BCUT2D eigenvalue weighted by atomic mass is 19.1. The molecule has 0 saturated carbocycles. The van der Waals surface area contributed by atoms with Crippen molar-refractivity contribution in [1.82, 2.24) is 15.3 Å². The number of nitrogens with one attached hydrogen (secondary N) is 3. The van der Waals surface area contributed by atoms with Gasteiger partial charge in [-0.15, -0.1) is 0 Å². The van der Waals surface area contributed by atoms with E-state index in [0.717, 1.165) is 5.69 Å². The molecule has 1 aliphatic rings. The monoisotopic (exact) mass is 338 g/mol. The van der Waals surface area contributed by atoms with Gasteiger partial charge in [0.05, 0.1) is 41.1 Å². The van der Waals surface area contributed by atoms with Crippen LogP contribution in [0.2, 0.25) is 0 Å². The van der Waals surface area contributed by atoms with E-state index >= 15 is 0 Å². The fourth-order valence-corrected chi connectivity index (χ4v) is 2.49. The van der Waals surface area contributed by atoms with Crippen LogP contribution < -0.4 is 10.6 Å². The van der Waals surface area contributed by atoms with Crippen molar-refractivity contribution in [3.05, 3.63) is 46.8 Å². The predicted octanol–water partition coefficient (Wildman–Crippen LogP) is 1.84. The van der Waals surface area contributed by atoms with E-state index in [9.17, 15) is 14.0 Å². The molecule has 2 aromatic rings. The number of carbonyl (C=O) groups excluding carboxylic acids is 2. The topological polar surface area (TPSA) is 86.9 Å². The normalized spacial score (nSPS) is 13.9. The Morgan fingerprint density at radius 3 is 2.92 bits per heavy atom. The number of amides is 2. The first-order valence-electron chi connectivity index (χ1n) is 7.56. The number of rotatable bonds is 2. The van der Waals surface area contributed by atoms with E-state index in [1.54, 1.807) is 13.0 Å². The fraction of sp³-hybridized carbons (Fsp3) is 0.167. The Labute approximate surface area is 143 Å². The van der Waals surface area contributed by atoms with Crippen molar-refractivity contribution >= 4 is 29.2 Å². The zero-order valence-corrected chi connectivity index (χ0v) is 13.7. The maximum Gasteiger partial charge on any atom is 0.256 e. The van der Waals surface area contributed by atoms with E-state index < -0.39 is 5.82 Å². The Hall–Kier alpha value is -3.40. The van der Waals surface area contributed by atoms with Crippen LogP contribution in [0.25, 0.3) is 11.6 Å². The lowest BCUT2D eigenvalue weighted by atomic mass is 9.99. The number of hydrogen-bond acceptors (Lipinski definition) is 3. The molecule has 0 atom stereocenters. The van der Waals surface area contributed by atoms with Crippen molar-refractivity contribution in [3.63, 3.8) is 0 Å². The van der Waals surface area contributed by atoms with E-state index in [-0.39, 0.29) is 23.9 Å². The number of halogens is 1. The number of benzene rings is 1. The lowest BCUT2D eigenvalue weighted by molar-refractivity contribution is -0.118. The molecular weight excluding hydrogens is 323 g/mol. The average Bonchev–Trinajstić information content (AvgIpc) is 3.10. The zero-order valence-electron chi connectivity index (χ0n) is 13.7. The largest absolute Gasteiger partial charge is 0.345 e. The molecule has 7 heteroatoms. The Balaban J connectivity index is 2.07. The number of H-pyrrole nitrogens is 1. The van der Waals surface area contributed by atoms with Crippen LogP contribution in [-0.2, 0) is 9.59 Å². The maximum absolute atomic E-state index is 14.3. The first-order valence-corrected chi connectivity index (χ1v) is 7.56. The first kappa shape index (κ1) is 16.5. The van der Waals surface area contributed by atoms with Gasteiger partial charge in [-0.2, -0.15) is 0 Å². The molecule has 0 fully saturated rings. The van der Waals surface area contributed by atoms with Crippen LogP contribution in [0.5, 0.6) is 0 Å². The van der Waals surface area contributed by atoms with Crippen molar-refractivity contribution in [1.29, 1.82) is 0 Å². The van der Waals surface area contributed by atoms with Gasteiger partial charge in [-0.05, 0) is 25.1 Å². The van der Waals surface area contributed by atoms with Gasteiger partial charge in [0.1, 0.15) is 5.82 Å². The molecule has 6 nitrogen and oxygen atoms in total. The maximum atomic E-state index is 14.3. The highest BCUT2D eigenvalue weighted by Crippen LogP contribution is 2.36. The molecule has 0 spiro atoms.